The average molecular weight is 291 g/mol. The van der Waals surface area contributed by atoms with Gasteiger partial charge >= 0.3 is 0 Å². The van der Waals surface area contributed by atoms with Crippen molar-refractivity contribution in [3.8, 4) is 11.5 Å². The van der Waals surface area contributed by atoms with Gasteiger partial charge in [-0.3, -0.25) is 0 Å². The van der Waals surface area contributed by atoms with Gasteiger partial charge in [-0.15, -0.1) is 11.6 Å². The molecule has 0 bridgehead atoms. The first kappa shape index (κ1) is 12.1. The highest BCUT2D eigenvalue weighted by molar-refractivity contribution is 6.21. The average Bonchev–Trinajstić information content (AvgIpc) is 2.87. The highest BCUT2D eigenvalue weighted by Crippen LogP contribution is 2.38. The molecule has 0 spiro atoms. The molecule has 2 heterocycles. The minimum atomic E-state index is 0.293. The third kappa shape index (κ3) is 2.04. The molecule has 5 heteroatoms. The quantitative estimate of drug-likeness (QED) is 0.880. The van der Waals surface area contributed by atoms with E-state index in [1.807, 2.05) is 24.4 Å². The number of ether oxygens (including phenoxy) is 2. The van der Waals surface area contributed by atoms with Gasteiger partial charge in [-0.1, -0.05) is 0 Å². The molecular weight excluding hydrogens is 276 g/mol. The molecular formula is C15H15ClN2O2. The minimum absolute atomic E-state index is 0.293. The molecule has 2 aliphatic rings. The van der Waals surface area contributed by atoms with Gasteiger partial charge in [-0.2, -0.15) is 0 Å². The van der Waals surface area contributed by atoms with Crippen LogP contribution in [0, 0.1) is 5.92 Å². The summed E-state index contributed by atoms with van der Waals surface area (Å²) in [4.78, 5) is 4.44. The molecule has 1 saturated carbocycles. The number of rotatable bonds is 3. The summed E-state index contributed by atoms with van der Waals surface area (Å²) in [7, 11) is 0. The van der Waals surface area contributed by atoms with E-state index in [0.717, 1.165) is 47.5 Å². The molecule has 1 aliphatic heterocycles. The zero-order chi connectivity index (χ0) is 13.5. The molecule has 104 valence electrons. The smallest absolute Gasteiger partial charge is 0.231 e. The molecule has 1 fully saturated rings. The molecule has 0 atom stereocenters. The fraction of sp³-hybridized carbons (Fsp3) is 0.400. The topological polar surface area (TPSA) is 43.4 Å². The Morgan fingerprint density at radius 1 is 1.25 bits per heavy atom. The Balaban J connectivity index is 1.62. The summed E-state index contributed by atoms with van der Waals surface area (Å²) < 4.78 is 10.8. The Bertz CT molecular complexity index is 656. The molecule has 0 amide bonds. The summed E-state index contributed by atoms with van der Waals surface area (Å²) in [5, 5.41) is 5.97. The van der Waals surface area contributed by atoms with E-state index in [1.165, 1.54) is 0 Å². The lowest BCUT2D eigenvalue weighted by atomic mass is 9.85. The molecule has 0 radical (unpaired) electrons. The predicted molar refractivity (Wildman–Crippen MR) is 78.7 cm³/mol. The highest BCUT2D eigenvalue weighted by Gasteiger charge is 2.27. The number of hydrogen-bond acceptors (Lipinski definition) is 4. The largest absolute Gasteiger partial charge is 0.454 e. The van der Waals surface area contributed by atoms with Crippen LogP contribution in [0.25, 0.3) is 10.8 Å². The molecule has 1 aromatic heterocycles. The number of hydrogen-bond donors (Lipinski definition) is 1. The van der Waals surface area contributed by atoms with Gasteiger partial charge in [0.05, 0.1) is 0 Å². The summed E-state index contributed by atoms with van der Waals surface area (Å²) >= 11 is 6.01. The Morgan fingerprint density at radius 2 is 2.05 bits per heavy atom. The van der Waals surface area contributed by atoms with Gasteiger partial charge in [0.25, 0.3) is 0 Å². The van der Waals surface area contributed by atoms with Crippen LogP contribution in [0.3, 0.4) is 0 Å². The van der Waals surface area contributed by atoms with Crippen molar-refractivity contribution in [3.05, 3.63) is 24.4 Å². The molecule has 0 saturated heterocycles. The number of alkyl halides is 1. The van der Waals surface area contributed by atoms with E-state index < -0.39 is 0 Å². The minimum Gasteiger partial charge on any atom is -0.454 e. The SMILES string of the molecule is ClC1CC(CNc2nccc3cc4c(cc23)OCO4)C1. The van der Waals surface area contributed by atoms with Crippen LogP contribution in [0.1, 0.15) is 12.8 Å². The predicted octanol–water partition coefficient (Wildman–Crippen LogP) is 3.39. The molecule has 0 unspecified atom stereocenters. The summed E-state index contributed by atoms with van der Waals surface area (Å²) in [5.74, 6) is 3.15. The second kappa shape index (κ2) is 4.70. The number of benzene rings is 1. The first-order valence-electron chi connectivity index (χ1n) is 6.86. The zero-order valence-electron chi connectivity index (χ0n) is 10.9. The van der Waals surface area contributed by atoms with E-state index >= 15 is 0 Å². The Morgan fingerprint density at radius 3 is 2.85 bits per heavy atom. The van der Waals surface area contributed by atoms with Crippen LogP contribution in [0.2, 0.25) is 0 Å². The van der Waals surface area contributed by atoms with Crippen molar-refractivity contribution in [1.82, 2.24) is 4.98 Å². The van der Waals surface area contributed by atoms with Gasteiger partial charge in [0.1, 0.15) is 5.82 Å². The summed E-state index contributed by atoms with van der Waals surface area (Å²) in [6.07, 6.45) is 4.00. The number of halogens is 1. The number of anilines is 1. The van der Waals surface area contributed by atoms with Gasteiger partial charge in [0.2, 0.25) is 6.79 Å². The van der Waals surface area contributed by atoms with E-state index in [4.69, 9.17) is 21.1 Å². The third-order valence-corrected chi connectivity index (χ3v) is 4.35. The lowest BCUT2D eigenvalue weighted by Crippen LogP contribution is -2.30. The number of pyridine rings is 1. The fourth-order valence-electron chi connectivity index (χ4n) is 2.77. The molecule has 2 aromatic rings. The van der Waals surface area contributed by atoms with Gasteiger partial charge in [-0.05, 0) is 42.3 Å². The third-order valence-electron chi connectivity index (χ3n) is 3.99. The zero-order valence-corrected chi connectivity index (χ0v) is 11.7. The Kier molecular flexibility index (Phi) is 2.84. The first-order valence-corrected chi connectivity index (χ1v) is 7.29. The van der Waals surface area contributed by atoms with Crippen LogP contribution < -0.4 is 14.8 Å². The van der Waals surface area contributed by atoms with Crippen molar-refractivity contribution < 1.29 is 9.47 Å². The van der Waals surface area contributed by atoms with Gasteiger partial charge in [0, 0.05) is 23.5 Å². The van der Waals surface area contributed by atoms with Crippen LogP contribution in [-0.4, -0.2) is 23.7 Å². The number of aromatic nitrogens is 1. The molecule has 1 aliphatic carbocycles. The lowest BCUT2D eigenvalue weighted by molar-refractivity contribution is 0.174. The number of nitrogens with one attached hydrogen (secondary N) is 1. The van der Waals surface area contributed by atoms with E-state index in [0.29, 0.717) is 18.1 Å². The number of nitrogens with zero attached hydrogens (tertiary/aromatic N) is 1. The van der Waals surface area contributed by atoms with Crippen molar-refractivity contribution in [3.63, 3.8) is 0 Å². The maximum Gasteiger partial charge on any atom is 0.231 e. The van der Waals surface area contributed by atoms with E-state index in [1.54, 1.807) is 0 Å². The van der Waals surface area contributed by atoms with Crippen LogP contribution in [0.5, 0.6) is 11.5 Å². The maximum absolute atomic E-state index is 6.01. The summed E-state index contributed by atoms with van der Waals surface area (Å²) in [6.45, 7) is 1.21. The summed E-state index contributed by atoms with van der Waals surface area (Å²) in [6, 6.07) is 5.99. The maximum atomic E-state index is 6.01. The number of fused-ring (bicyclic) bond motifs is 2. The second-order valence-corrected chi connectivity index (χ2v) is 6.02. The molecule has 20 heavy (non-hydrogen) atoms. The van der Waals surface area contributed by atoms with Crippen molar-refractivity contribution in [2.24, 2.45) is 5.92 Å². The van der Waals surface area contributed by atoms with Gasteiger partial charge in [0.15, 0.2) is 11.5 Å². The highest BCUT2D eigenvalue weighted by atomic mass is 35.5. The summed E-state index contributed by atoms with van der Waals surface area (Å²) in [5.41, 5.74) is 0. The van der Waals surface area contributed by atoms with Crippen LogP contribution in [0.4, 0.5) is 5.82 Å². The van der Waals surface area contributed by atoms with Crippen LogP contribution in [0.15, 0.2) is 24.4 Å². The van der Waals surface area contributed by atoms with E-state index in [-0.39, 0.29) is 0 Å². The molecule has 1 N–H and O–H groups in total. The van der Waals surface area contributed by atoms with Crippen molar-refractivity contribution in [2.75, 3.05) is 18.7 Å². The monoisotopic (exact) mass is 290 g/mol. The molecule has 1 aromatic carbocycles. The van der Waals surface area contributed by atoms with Gasteiger partial charge in [-0.25, -0.2) is 4.98 Å². The Hall–Kier alpha value is -1.68. The molecule has 4 nitrogen and oxygen atoms in total. The standard InChI is InChI=1S/C15H15ClN2O2/c16-11-3-9(4-11)7-18-15-12-6-14-13(19-8-20-14)5-10(12)1-2-17-15/h1-2,5-6,9,11H,3-4,7-8H2,(H,17,18). The normalized spacial score (nSPS) is 23.6. The van der Waals surface area contributed by atoms with E-state index in [2.05, 4.69) is 10.3 Å². The van der Waals surface area contributed by atoms with Crippen molar-refractivity contribution >= 4 is 28.2 Å². The lowest BCUT2D eigenvalue weighted by Gasteiger charge is -2.31. The Labute approximate surface area is 122 Å². The van der Waals surface area contributed by atoms with Crippen molar-refractivity contribution in [1.29, 1.82) is 0 Å². The molecule has 4 rings (SSSR count). The van der Waals surface area contributed by atoms with Crippen LogP contribution >= 0.6 is 11.6 Å². The van der Waals surface area contributed by atoms with Crippen LogP contribution in [-0.2, 0) is 0 Å². The van der Waals surface area contributed by atoms with Gasteiger partial charge < -0.3 is 14.8 Å². The van der Waals surface area contributed by atoms with Crippen molar-refractivity contribution in [2.45, 2.75) is 18.2 Å². The van der Waals surface area contributed by atoms with E-state index in [9.17, 15) is 0 Å². The first-order chi connectivity index (χ1) is 9.79. The second-order valence-electron chi connectivity index (χ2n) is 5.40. The fourth-order valence-corrected chi connectivity index (χ4v) is 3.27.